The zero-order valence-electron chi connectivity index (χ0n) is 21.2. The average Bonchev–Trinajstić information content (AvgIpc) is 2.89. The van der Waals surface area contributed by atoms with Crippen LogP contribution < -0.4 is 9.47 Å². The van der Waals surface area contributed by atoms with Gasteiger partial charge in [-0.15, -0.1) is 0 Å². The molecule has 1 unspecified atom stereocenters. The highest BCUT2D eigenvalue weighted by atomic mass is 32.2. The Bertz CT molecular complexity index is 1070. The molecule has 0 aliphatic rings. The molecule has 9 nitrogen and oxygen atoms in total. The summed E-state index contributed by atoms with van der Waals surface area (Å²) in [5, 5.41) is 9.42. The highest BCUT2D eigenvalue weighted by Crippen LogP contribution is 2.22. The summed E-state index contributed by atoms with van der Waals surface area (Å²) in [6.07, 6.45) is 1.94. The molecule has 0 amide bonds. The molecule has 1 atom stereocenters. The van der Waals surface area contributed by atoms with Crippen LogP contribution in [0, 0.1) is 5.92 Å². The predicted molar refractivity (Wildman–Crippen MR) is 137 cm³/mol. The van der Waals surface area contributed by atoms with Crippen molar-refractivity contribution in [2.45, 2.75) is 31.6 Å². The number of methoxy groups -OCH3 is 2. The van der Waals surface area contributed by atoms with Crippen LogP contribution in [0.5, 0.6) is 11.5 Å². The van der Waals surface area contributed by atoms with Crippen LogP contribution in [0.25, 0.3) is 0 Å². The quantitative estimate of drug-likeness (QED) is 0.312. The molecular weight excluding hydrogens is 486 g/mol. The lowest BCUT2D eigenvalue weighted by Gasteiger charge is -2.25. The van der Waals surface area contributed by atoms with E-state index in [1.54, 1.807) is 33.1 Å². The summed E-state index contributed by atoms with van der Waals surface area (Å²) in [6.45, 7) is 7.20. The van der Waals surface area contributed by atoms with Crippen molar-refractivity contribution in [2.24, 2.45) is 5.92 Å². The first-order chi connectivity index (χ1) is 17.1. The molecule has 0 spiro atoms. The molecule has 0 bridgehead atoms. The van der Waals surface area contributed by atoms with Gasteiger partial charge in [-0.05, 0) is 61.7 Å². The number of carboxylic acid groups (broad SMARTS) is 1. The Balaban J connectivity index is 0.000000809. The second-order valence-electron chi connectivity index (χ2n) is 7.54. The summed E-state index contributed by atoms with van der Waals surface area (Å²) in [5.41, 5.74) is 0.934. The average molecular weight is 522 g/mol. The SMILES string of the molecule is C=CC(=O)OCC.CCC(CN(CCc1ccc(OC)cc1)S(=O)(=O)c1ccc(OC)cc1)C(=O)O. The van der Waals surface area contributed by atoms with Crippen molar-refractivity contribution >= 4 is 22.0 Å². The third-order valence-electron chi connectivity index (χ3n) is 5.23. The lowest BCUT2D eigenvalue weighted by molar-refractivity contribution is -0.142. The highest BCUT2D eigenvalue weighted by Gasteiger charge is 2.29. The molecular formula is C26H35NO8S. The number of carboxylic acids is 1. The van der Waals surface area contributed by atoms with E-state index in [0.717, 1.165) is 11.6 Å². The standard InChI is InChI=1S/C21H27NO6S.C5H8O2/c1-4-17(21(23)24)15-22(14-13-16-5-7-18(27-2)8-6-16)29(25,26)20-11-9-19(28-3)10-12-20;1-3-5(6)7-4-2/h5-12,17H,4,13-15H2,1-3H3,(H,23,24);3H,1,4H2,2H3. The first kappa shape index (κ1) is 30.7. The minimum absolute atomic E-state index is 0.0870. The molecule has 2 aromatic carbocycles. The Labute approximate surface area is 213 Å². The van der Waals surface area contributed by atoms with E-state index >= 15 is 0 Å². The number of nitrogens with zero attached hydrogens (tertiary/aromatic N) is 1. The molecule has 0 saturated carbocycles. The second-order valence-corrected chi connectivity index (χ2v) is 9.47. The Morgan fingerprint density at radius 1 is 1.00 bits per heavy atom. The molecule has 0 aromatic heterocycles. The van der Waals surface area contributed by atoms with Gasteiger partial charge in [-0.2, -0.15) is 4.31 Å². The van der Waals surface area contributed by atoms with E-state index in [-0.39, 0.29) is 24.0 Å². The van der Waals surface area contributed by atoms with E-state index < -0.39 is 21.9 Å². The Morgan fingerprint density at radius 2 is 1.53 bits per heavy atom. The highest BCUT2D eigenvalue weighted by molar-refractivity contribution is 7.89. The molecule has 0 aliphatic heterocycles. The van der Waals surface area contributed by atoms with Gasteiger partial charge in [-0.25, -0.2) is 13.2 Å². The van der Waals surface area contributed by atoms with Crippen molar-refractivity contribution in [3.8, 4) is 11.5 Å². The molecule has 0 radical (unpaired) electrons. The van der Waals surface area contributed by atoms with E-state index in [0.29, 0.717) is 30.9 Å². The second kappa shape index (κ2) is 15.6. The van der Waals surface area contributed by atoms with Crippen LogP contribution in [-0.4, -0.2) is 63.7 Å². The van der Waals surface area contributed by atoms with Crippen LogP contribution in [0.15, 0.2) is 66.1 Å². The Kier molecular flexibility index (Phi) is 13.3. The fourth-order valence-corrected chi connectivity index (χ4v) is 4.57. The molecule has 2 rings (SSSR count). The summed E-state index contributed by atoms with van der Waals surface area (Å²) in [6, 6.07) is 13.4. The number of carbonyl (C=O) groups is 2. The van der Waals surface area contributed by atoms with Crippen molar-refractivity contribution < 1.29 is 37.3 Å². The van der Waals surface area contributed by atoms with Crippen LogP contribution in [0.3, 0.4) is 0 Å². The summed E-state index contributed by atoms with van der Waals surface area (Å²) in [7, 11) is -0.776. The molecule has 0 heterocycles. The number of hydrogen-bond acceptors (Lipinski definition) is 7. The monoisotopic (exact) mass is 521 g/mol. The van der Waals surface area contributed by atoms with Crippen LogP contribution in [0.1, 0.15) is 25.8 Å². The molecule has 1 N–H and O–H groups in total. The van der Waals surface area contributed by atoms with Crippen molar-refractivity contribution in [1.82, 2.24) is 4.31 Å². The summed E-state index contributed by atoms with van der Waals surface area (Å²) >= 11 is 0. The third kappa shape index (κ3) is 9.71. The van der Waals surface area contributed by atoms with Crippen LogP contribution in [0.2, 0.25) is 0 Å². The minimum Gasteiger partial charge on any atom is -0.497 e. The topological polar surface area (TPSA) is 119 Å². The van der Waals surface area contributed by atoms with Gasteiger partial charge in [0.2, 0.25) is 10.0 Å². The molecule has 0 saturated heterocycles. The fourth-order valence-electron chi connectivity index (χ4n) is 3.08. The molecule has 36 heavy (non-hydrogen) atoms. The maximum absolute atomic E-state index is 13.2. The van der Waals surface area contributed by atoms with Crippen molar-refractivity contribution in [2.75, 3.05) is 33.9 Å². The first-order valence-corrected chi connectivity index (χ1v) is 12.9. The lowest BCUT2D eigenvalue weighted by Crippen LogP contribution is -2.39. The molecule has 10 heteroatoms. The number of ether oxygens (including phenoxy) is 3. The van der Waals surface area contributed by atoms with Gasteiger partial charge in [0.15, 0.2) is 0 Å². The van der Waals surface area contributed by atoms with Crippen LogP contribution >= 0.6 is 0 Å². The van der Waals surface area contributed by atoms with Gasteiger partial charge in [0.05, 0.1) is 31.6 Å². The van der Waals surface area contributed by atoms with Gasteiger partial charge in [-0.3, -0.25) is 4.79 Å². The maximum atomic E-state index is 13.2. The van der Waals surface area contributed by atoms with E-state index in [1.165, 1.54) is 23.5 Å². The summed E-state index contributed by atoms with van der Waals surface area (Å²) in [4.78, 5) is 21.7. The normalized spacial score (nSPS) is 11.6. The molecule has 0 fully saturated rings. The first-order valence-electron chi connectivity index (χ1n) is 11.4. The van der Waals surface area contributed by atoms with Gasteiger partial charge < -0.3 is 19.3 Å². The van der Waals surface area contributed by atoms with Crippen molar-refractivity contribution in [3.63, 3.8) is 0 Å². The van der Waals surface area contributed by atoms with Crippen LogP contribution in [-0.2, 0) is 30.8 Å². The van der Waals surface area contributed by atoms with E-state index in [2.05, 4.69) is 11.3 Å². The number of sulfonamides is 1. The summed E-state index contributed by atoms with van der Waals surface area (Å²) < 4.78 is 42.3. The predicted octanol–water partition coefficient (Wildman–Crippen LogP) is 3.78. The van der Waals surface area contributed by atoms with E-state index in [9.17, 15) is 23.1 Å². The molecule has 2 aromatic rings. The van der Waals surface area contributed by atoms with E-state index in [1.807, 2.05) is 24.3 Å². The molecule has 198 valence electrons. The van der Waals surface area contributed by atoms with Gasteiger partial charge in [0.25, 0.3) is 0 Å². The number of hydrogen-bond donors (Lipinski definition) is 1. The van der Waals surface area contributed by atoms with Crippen molar-refractivity contribution in [1.29, 1.82) is 0 Å². The summed E-state index contributed by atoms with van der Waals surface area (Å²) in [5.74, 6) is -0.882. The largest absolute Gasteiger partial charge is 0.497 e. The van der Waals surface area contributed by atoms with Gasteiger partial charge in [0, 0.05) is 19.2 Å². The van der Waals surface area contributed by atoms with E-state index in [4.69, 9.17) is 9.47 Å². The number of rotatable bonds is 13. The number of esters is 1. The minimum atomic E-state index is -3.86. The fraction of sp³-hybridized carbons (Fsp3) is 0.385. The third-order valence-corrected chi connectivity index (χ3v) is 7.10. The molecule has 0 aliphatic carbocycles. The van der Waals surface area contributed by atoms with Gasteiger partial charge in [-0.1, -0.05) is 25.6 Å². The Morgan fingerprint density at radius 3 is 1.92 bits per heavy atom. The van der Waals surface area contributed by atoms with Gasteiger partial charge >= 0.3 is 11.9 Å². The van der Waals surface area contributed by atoms with Gasteiger partial charge in [0.1, 0.15) is 11.5 Å². The van der Waals surface area contributed by atoms with Crippen LogP contribution in [0.4, 0.5) is 0 Å². The maximum Gasteiger partial charge on any atom is 0.330 e. The zero-order valence-corrected chi connectivity index (χ0v) is 22.0. The lowest BCUT2D eigenvalue weighted by atomic mass is 10.1. The number of benzene rings is 2. The van der Waals surface area contributed by atoms with Crippen molar-refractivity contribution in [3.05, 3.63) is 66.7 Å². The Hall–Kier alpha value is -3.37. The number of aliphatic carboxylic acids is 1. The number of carbonyl (C=O) groups excluding carboxylic acids is 1. The zero-order chi connectivity index (χ0) is 27.1. The smallest absolute Gasteiger partial charge is 0.330 e.